The molecule has 2 rings (SSSR count). The summed E-state index contributed by atoms with van der Waals surface area (Å²) in [7, 11) is 0. The molecule has 0 radical (unpaired) electrons. The van der Waals surface area contributed by atoms with Crippen LogP contribution in [0.25, 0.3) is 10.9 Å². The molecule has 2 aromatic rings. The summed E-state index contributed by atoms with van der Waals surface area (Å²) in [5.41, 5.74) is 1.45. The number of benzene rings is 1. The molecule has 14 heavy (non-hydrogen) atoms. The van der Waals surface area contributed by atoms with Crippen molar-refractivity contribution in [2.24, 2.45) is 0 Å². The lowest BCUT2D eigenvalue weighted by molar-refractivity contribution is 0.112. The summed E-state index contributed by atoms with van der Waals surface area (Å²) in [6.07, 6.45) is 0.763. The first kappa shape index (κ1) is 9.55. The quantitative estimate of drug-likeness (QED) is 0.634. The van der Waals surface area contributed by atoms with Gasteiger partial charge in [0.15, 0.2) is 6.29 Å². The van der Waals surface area contributed by atoms with Crippen LogP contribution in [0.15, 0.2) is 28.7 Å². The number of nitrogens with one attached hydrogen (secondary N) is 1. The number of hydrogen-bond acceptors (Lipinski definition) is 2. The van der Waals surface area contributed by atoms with Crippen LogP contribution >= 0.6 is 28.1 Å². The van der Waals surface area contributed by atoms with Gasteiger partial charge in [-0.05, 0) is 29.7 Å². The lowest BCUT2D eigenvalue weighted by Gasteiger charge is -2.00. The molecule has 0 amide bonds. The molecule has 0 fully saturated rings. The Morgan fingerprint density at radius 1 is 1.36 bits per heavy atom. The van der Waals surface area contributed by atoms with E-state index >= 15 is 0 Å². The van der Waals surface area contributed by atoms with Gasteiger partial charge in [0.25, 0.3) is 0 Å². The third-order valence-corrected chi connectivity index (χ3v) is 2.79. The molecule has 0 saturated heterocycles. The average molecular weight is 268 g/mol. The predicted octanol–water partition coefficient (Wildman–Crippen LogP) is 3.47. The SMILES string of the molecule is O=Cc1cc2cc(Br)ccc2[nH]c1=S. The lowest BCUT2D eigenvalue weighted by Crippen LogP contribution is -1.87. The number of H-pyrrole nitrogens is 1. The minimum atomic E-state index is 0.481. The Morgan fingerprint density at radius 2 is 2.14 bits per heavy atom. The van der Waals surface area contributed by atoms with Crippen LogP contribution in [0.3, 0.4) is 0 Å². The van der Waals surface area contributed by atoms with Crippen LogP contribution in [-0.2, 0) is 0 Å². The molecule has 1 heterocycles. The standard InChI is InChI=1S/C10H6BrNOS/c11-8-1-2-9-6(4-8)3-7(5-13)10(14)12-9/h1-5H,(H,12,14). The number of carbonyl (C=O) groups is 1. The molecule has 1 N–H and O–H groups in total. The second-order valence-electron chi connectivity index (χ2n) is 2.90. The first-order valence-corrected chi connectivity index (χ1v) is 5.18. The van der Waals surface area contributed by atoms with Gasteiger partial charge in [-0.15, -0.1) is 0 Å². The van der Waals surface area contributed by atoms with Crippen molar-refractivity contribution in [3.63, 3.8) is 0 Å². The Bertz CT molecular complexity index is 562. The number of rotatable bonds is 1. The molecular weight excluding hydrogens is 262 g/mol. The number of aromatic amines is 1. The lowest BCUT2D eigenvalue weighted by atomic mass is 10.2. The zero-order chi connectivity index (χ0) is 10.1. The van der Waals surface area contributed by atoms with Crippen LogP contribution in [0, 0.1) is 4.64 Å². The highest BCUT2D eigenvalue weighted by atomic mass is 79.9. The first-order valence-electron chi connectivity index (χ1n) is 3.98. The van der Waals surface area contributed by atoms with Crippen LogP contribution in [0.5, 0.6) is 0 Å². The molecule has 70 valence electrons. The van der Waals surface area contributed by atoms with E-state index < -0.39 is 0 Å². The van der Waals surface area contributed by atoms with Gasteiger partial charge in [-0.1, -0.05) is 28.1 Å². The van der Waals surface area contributed by atoms with Crippen molar-refractivity contribution in [1.82, 2.24) is 4.98 Å². The monoisotopic (exact) mass is 267 g/mol. The maximum Gasteiger partial charge on any atom is 0.153 e. The van der Waals surface area contributed by atoms with Gasteiger partial charge in [-0.3, -0.25) is 4.79 Å². The summed E-state index contributed by atoms with van der Waals surface area (Å²) in [5, 5.41) is 0.968. The molecule has 0 saturated carbocycles. The molecule has 0 aliphatic rings. The number of fused-ring (bicyclic) bond motifs is 1. The van der Waals surface area contributed by atoms with Crippen LogP contribution in [0.1, 0.15) is 10.4 Å². The molecule has 0 aliphatic carbocycles. The summed E-state index contributed by atoms with van der Waals surface area (Å²) >= 11 is 8.38. The van der Waals surface area contributed by atoms with Gasteiger partial charge in [0.1, 0.15) is 4.64 Å². The van der Waals surface area contributed by atoms with Crippen molar-refractivity contribution in [2.75, 3.05) is 0 Å². The van der Waals surface area contributed by atoms with E-state index in [-0.39, 0.29) is 0 Å². The summed E-state index contributed by atoms with van der Waals surface area (Å²) in [6, 6.07) is 7.57. The minimum absolute atomic E-state index is 0.481. The van der Waals surface area contributed by atoms with Gasteiger partial charge in [0.05, 0.1) is 0 Å². The van der Waals surface area contributed by atoms with E-state index in [1.54, 1.807) is 6.07 Å². The largest absolute Gasteiger partial charge is 0.346 e. The molecule has 0 spiro atoms. The number of pyridine rings is 1. The van der Waals surface area contributed by atoms with E-state index in [2.05, 4.69) is 20.9 Å². The summed E-state index contributed by atoms with van der Waals surface area (Å²) < 4.78 is 1.46. The van der Waals surface area contributed by atoms with E-state index in [0.717, 1.165) is 21.7 Å². The summed E-state index contributed by atoms with van der Waals surface area (Å²) in [6.45, 7) is 0. The van der Waals surface area contributed by atoms with Crippen molar-refractivity contribution >= 4 is 45.3 Å². The third-order valence-electron chi connectivity index (χ3n) is 1.96. The second-order valence-corrected chi connectivity index (χ2v) is 4.23. The fraction of sp³-hybridized carbons (Fsp3) is 0. The maximum absolute atomic E-state index is 10.7. The van der Waals surface area contributed by atoms with Crippen LogP contribution in [-0.4, -0.2) is 11.3 Å². The Kier molecular flexibility index (Phi) is 2.48. The number of aromatic nitrogens is 1. The third kappa shape index (κ3) is 1.63. The number of halogens is 1. The van der Waals surface area contributed by atoms with Gasteiger partial charge in [0.2, 0.25) is 0 Å². The average Bonchev–Trinajstić information content (AvgIpc) is 2.17. The molecule has 1 aromatic heterocycles. The molecule has 2 nitrogen and oxygen atoms in total. The van der Waals surface area contributed by atoms with Crippen molar-refractivity contribution in [2.45, 2.75) is 0 Å². The van der Waals surface area contributed by atoms with Crippen LogP contribution < -0.4 is 0 Å². The molecule has 1 aromatic carbocycles. The van der Waals surface area contributed by atoms with Crippen molar-refractivity contribution in [3.8, 4) is 0 Å². The Labute approximate surface area is 94.1 Å². The van der Waals surface area contributed by atoms with E-state index in [4.69, 9.17) is 12.2 Å². The predicted molar refractivity (Wildman–Crippen MR) is 62.2 cm³/mol. The van der Waals surface area contributed by atoms with Gasteiger partial charge in [-0.25, -0.2) is 0 Å². The number of carbonyl (C=O) groups excluding carboxylic acids is 1. The molecule has 4 heteroatoms. The smallest absolute Gasteiger partial charge is 0.153 e. The number of hydrogen-bond donors (Lipinski definition) is 1. The van der Waals surface area contributed by atoms with Gasteiger partial charge in [0, 0.05) is 15.6 Å². The first-order chi connectivity index (χ1) is 6.70. The minimum Gasteiger partial charge on any atom is -0.346 e. The van der Waals surface area contributed by atoms with Crippen molar-refractivity contribution < 1.29 is 4.79 Å². The number of aldehydes is 1. The zero-order valence-electron chi connectivity index (χ0n) is 7.08. The Hall–Kier alpha value is -1.00. The summed E-state index contributed by atoms with van der Waals surface area (Å²) in [4.78, 5) is 13.7. The maximum atomic E-state index is 10.7. The Balaban J connectivity index is 2.86. The van der Waals surface area contributed by atoms with E-state index in [1.807, 2.05) is 18.2 Å². The normalized spacial score (nSPS) is 10.4. The second kappa shape index (κ2) is 3.63. The molecule has 0 atom stereocenters. The van der Waals surface area contributed by atoms with Crippen molar-refractivity contribution in [1.29, 1.82) is 0 Å². The highest BCUT2D eigenvalue weighted by Gasteiger charge is 1.99. The van der Waals surface area contributed by atoms with Crippen LogP contribution in [0.4, 0.5) is 0 Å². The fourth-order valence-electron chi connectivity index (χ4n) is 1.28. The van der Waals surface area contributed by atoms with Gasteiger partial charge < -0.3 is 4.98 Å². The van der Waals surface area contributed by atoms with E-state index in [0.29, 0.717) is 10.2 Å². The fourth-order valence-corrected chi connectivity index (χ4v) is 1.88. The molecule has 0 unspecified atom stereocenters. The summed E-state index contributed by atoms with van der Waals surface area (Å²) in [5.74, 6) is 0. The van der Waals surface area contributed by atoms with Crippen LogP contribution in [0.2, 0.25) is 0 Å². The highest BCUT2D eigenvalue weighted by molar-refractivity contribution is 9.10. The Morgan fingerprint density at radius 3 is 2.86 bits per heavy atom. The van der Waals surface area contributed by atoms with Crippen molar-refractivity contribution in [3.05, 3.63) is 38.9 Å². The zero-order valence-corrected chi connectivity index (χ0v) is 9.48. The molecule has 0 bridgehead atoms. The highest BCUT2D eigenvalue weighted by Crippen LogP contribution is 2.19. The van der Waals surface area contributed by atoms with Gasteiger partial charge >= 0.3 is 0 Å². The topological polar surface area (TPSA) is 32.9 Å². The van der Waals surface area contributed by atoms with E-state index in [1.165, 1.54) is 0 Å². The van der Waals surface area contributed by atoms with Gasteiger partial charge in [-0.2, -0.15) is 0 Å². The molecule has 0 aliphatic heterocycles. The molecular formula is C10H6BrNOS. The van der Waals surface area contributed by atoms with E-state index in [9.17, 15) is 4.79 Å².